The molecule has 0 atom stereocenters. The van der Waals surface area contributed by atoms with E-state index in [1.54, 1.807) is 7.76 Å². The Balaban J connectivity index is 2.03. The van der Waals surface area contributed by atoms with Gasteiger partial charge in [-0.1, -0.05) is 0 Å². The maximum absolute atomic E-state index is 4.00. The van der Waals surface area contributed by atoms with Gasteiger partial charge in [-0.3, -0.25) is 0 Å². The molecule has 0 aliphatic heterocycles. The molecule has 0 aliphatic carbocycles. The molecule has 0 spiro atoms. The first-order valence-corrected chi connectivity index (χ1v) is 15.7. The number of benzene rings is 1. The molecular formula is C16H19Br2IS. The first kappa shape index (κ1) is 17.0. The van der Waals surface area contributed by atoms with Crippen LogP contribution in [-0.4, -0.2) is 5.33 Å². The second-order valence-electron chi connectivity index (χ2n) is 4.69. The van der Waals surface area contributed by atoms with Crippen molar-refractivity contribution in [1.29, 1.82) is 0 Å². The monoisotopic (exact) mass is 528 g/mol. The second kappa shape index (κ2) is 8.91. The van der Waals surface area contributed by atoms with Gasteiger partial charge in [0.25, 0.3) is 0 Å². The Morgan fingerprint density at radius 1 is 1.10 bits per heavy atom. The average Bonchev–Trinajstić information content (AvgIpc) is 2.85. The Kier molecular flexibility index (Phi) is 7.56. The van der Waals surface area contributed by atoms with E-state index in [9.17, 15) is 0 Å². The molecule has 4 heteroatoms. The molecule has 20 heavy (non-hydrogen) atoms. The van der Waals surface area contributed by atoms with Crippen molar-refractivity contribution in [1.82, 2.24) is 0 Å². The van der Waals surface area contributed by atoms with Crippen molar-refractivity contribution in [2.24, 2.45) is 0 Å². The number of hydrogen-bond acceptors (Lipinski definition) is 1. The van der Waals surface area contributed by atoms with Crippen molar-refractivity contribution in [3.63, 3.8) is 0 Å². The van der Waals surface area contributed by atoms with Gasteiger partial charge in [0.05, 0.1) is 0 Å². The summed E-state index contributed by atoms with van der Waals surface area (Å²) in [4.78, 5) is 1.59. The number of hydrogen-bond donors (Lipinski definition) is 0. The Morgan fingerprint density at radius 3 is 2.55 bits per heavy atom. The van der Waals surface area contributed by atoms with Crippen LogP contribution < -0.4 is 0 Å². The van der Waals surface area contributed by atoms with Crippen LogP contribution in [0.3, 0.4) is 0 Å². The van der Waals surface area contributed by atoms with Gasteiger partial charge in [-0.2, -0.15) is 0 Å². The Labute approximate surface area is 147 Å². The number of alkyl halides is 1. The van der Waals surface area contributed by atoms with E-state index < -0.39 is 17.6 Å². The molecule has 1 aromatic carbocycles. The summed E-state index contributed by atoms with van der Waals surface area (Å²) in [7, 11) is 0. The van der Waals surface area contributed by atoms with E-state index in [1.807, 2.05) is 11.3 Å². The van der Waals surface area contributed by atoms with Gasteiger partial charge < -0.3 is 0 Å². The molecule has 0 saturated carbocycles. The number of rotatable bonds is 7. The van der Waals surface area contributed by atoms with Crippen molar-refractivity contribution in [2.75, 3.05) is 5.33 Å². The average molecular weight is 530 g/mol. The zero-order valence-electron chi connectivity index (χ0n) is 11.5. The Morgan fingerprint density at radius 2 is 1.85 bits per heavy atom. The van der Waals surface area contributed by atoms with E-state index in [0.717, 1.165) is 5.33 Å². The number of aryl methyl sites for hydroxylation is 2. The minimum atomic E-state index is -1.34. The fourth-order valence-corrected chi connectivity index (χ4v) is 10.9. The normalized spacial score (nSPS) is 11.7. The quantitative estimate of drug-likeness (QED) is 0.205. The fraction of sp³-hybridized carbons (Fsp3) is 0.375. The van der Waals surface area contributed by atoms with Gasteiger partial charge in [0.1, 0.15) is 0 Å². The van der Waals surface area contributed by atoms with Crippen LogP contribution in [-0.2, 0) is 6.42 Å². The molecule has 0 aliphatic rings. The second-order valence-corrected chi connectivity index (χ2v) is 15.1. The molecule has 2 aromatic rings. The van der Waals surface area contributed by atoms with Crippen molar-refractivity contribution in [3.8, 4) is 0 Å². The summed E-state index contributed by atoms with van der Waals surface area (Å²) in [6.07, 6.45) is 5.18. The summed E-state index contributed by atoms with van der Waals surface area (Å²) >= 11 is 8.19. The van der Waals surface area contributed by atoms with Gasteiger partial charge >= 0.3 is 149 Å². The van der Waals surface area contributed by atoms with Crippen molar-refractivity contribution in [3.05, 3.63) is 53.3 Å². The zero-order valence-corrected chi connectivity index (χ0v) is 17.7. The van der Waals surface area contributed by atoms with E-state index >= 15 is 0 Å². The summed E-state index contributed by atoms with van der Waals surface area (Å²) < 4.78 is 3.07. The predicted octanol–water partition coefficient (Wildman–Crippen LogP) is 7.02. The standard InChI is InChI=1S/C16H19Br2IS/c1-13-12-16(19(18)14-8-4-2-5-9-14)20-15(13)10-6-3-7-11-17/h2,4-5,8-9,12H,3,6-7,10-11H2,1H3. The van der Waals surface area contributed by atoms with Crippen LogP contribution in [0.1, 0.15) is 29.7 Å². The van der Waals surface area contributed by atoms with E-state index in [1.165, 1.54) is 34.8 Å². The van der Waals surface area contributed by atoms with Crippen LogP contribution in [0.25, 0.3) is 0 Å². The van der Waals surface area contributed by atoms with Gasteiger partial charge in [-0.25, -0.2) is 0 Å². The number of thiophene rings is 1. The molecular weight excluding hydrogens is 511 g/mol. The Bertz CT molecular complexity index is 525. The number of unbranched alkanes of at least 4 members (excludes halogenated alkanes) is 2. The molecule has 0 bridgehead atoms. The summed E-state index contributed by atoms with van der Waals surface area (Å²) in [5, 5.41) is 1.13. The van der Waals surface area contributed by atoms with E-state index in [2.05, 4.69) is 71.9 Å². The third kappa shape index (κ3) is 4.82. The molecule has 1 aromatic heterocycles. The molecule has 0 amide bonds. The van der Waals surface area contributed by atoms with Gasteiger partial charge in [-0.15, -0.1) is 0 Å². The molecule has 1 heterocycles. The Hall–Kier alpha value is 0.610. The van der Waals surface area contributed by atoms with Gasteiger partial charge in [0.2, 0.25) is 0 Å². The number of halogens is 3. The SMILES string of the molecule is Cc1cc(I(Br)c2ccccc2)sc1CCCCCBr. The van der Waals surface area contributed by atoms with Crippen LogP contribution >= 0.6 is 57.6 Å². The molecule has 0 unspecified atom stereocenters. The van der Waals surface area contributed by atoms with E-state index in [-0.39, 0.29) is 0 Å². The topological polar surface area (TPSA) is 0 Å². The van der Waals surface area contributed by atoms with Crippen LogP contribution in [0.2, 0.25) is 0 Å². The van der Waals surface area contributed by atoms with Gasteiger partial charge in [0, 0.05) is 0 Å². The van der Waals surface area contributed by atoms with Crippen molar-refractivity contribution in [2.45, 2.75) is 32.6 Å². The summed E-state index contributed by atoms with van der Waals surface area (Å²) in [6, 6.07) is 13.3. The molecule has 0 fully saturated rings. The fourth-order valence-electron chi connectivity index (χ4n) is 2.00. The first-order valence-electron chi connectivity index (χ1n) is 6.79. The van der Waals surface area contributed by atoms with Crippen molar-refractivity contribution >= 4 is 57.6 Å². The maximum atomic E-state index is 4.00. The zero-order chi connectivity index (χ0) is 14.4. The molecule has 110 valence electrons. The van der Waals surface area contributed by atoms with Crippen LogP contribution in [0, 0.1) is 13.4 Å². The molecule has 0 saturated heterocycles. The summed E-state index contributed by atoms with van der Waals surface area (Å²) in [5.41, 5.74) is 1.49. The first-order chi connectivity index (χ1) is 9.72. The third-order valence-corrected chi connectivity index (χ3v) is 15.3. The molecule has 0 radical (unpaired) electrons. The van der Waals surface area contributed by atoms with Gasteiger partial charge in [-0.05, 0) is 0 Å². The van der Waals surface area contributed by atoms with Crippen molar-refractivity contribution < 1.29 is 0 Å². The summed E-state index contributed by atoms with van der Waals surface area (Å²) in [6.45, 7) is 2.27. The van der Waals surface area contributed by atoms with Crippen LogP contribution in [0.15, 0.2) is 36.4 Å². The third-order valence-electron chi connectivity index (χ3n) is 3.12. The van der Waals surface area contributed by atoms with E-state index in [0.29, 0.717) is 0 Å². The molecule has 0 N–H and O–H groups in total. The molecule has 0 nitrogen and oxygen atoms in total. The predicted molar refractivity (Wildman–Crippen MR) is 107 cm³/mol. The summed E-state index contributed by atoms with van der Waals surface area (Å²) in [5.74, 6) is 0. The molecule has 2 rings (SSSR count). The van der Waals surface area contributed by atoms with E-state index in [4.69, 9.17) is 0 Å². The van der Waals surface area contributed by atoms with Crippen LogP contribution in [0.5, 0.6) is 0 Å². The van der Waals surface area contributed by atoms with Gasteiger partial charge in [0.15, 0.2) is 0 Å². The van der Waals surface area contributed by atoms with Crippen LogP contribution in [0.4, 0.5) is 0 Å². The minimum absolute atomic E-state index is 1.13.